The fourth-order valence-corrected chi connectivity index (χ4v) is 5.49. The van der Waals surface area contributed by atoms with Crippen LogP contribution in [0.15, 0.2) is 33.9 Å². The van der Waals surface area contributed by atoms with Gasteiger partial charge in [0.25, 0.3) is 5.56 Å². The zero-order valence-electron chi connectivity index (χ0n) is 18.8. The molecule has 1 aromatic carbocycles. The van der Waals surface area contributed by atoms with Gasteiger partial charge in [0.15, 0.2) is 0 Å². The van der Waals surface area contributed by atoms with Gasteiger partial charge in [0, 0.05) is 10.9 Å². The van der Waals surface area contributed by atoms with E-state index in [9.17, 15) is 14.4 Å². The van der Waals surface area contributed by atoms with Gasteiger partial charge in [-0.15, -0.1) is 11.3 Å². The molecule has 3 aromatic rings. The van der Waals surface area contributed by atoms with Gasteiger partial charge in [-0.05, 0) is 63.4 Å². The van der Waals surface area contributed by atoms with Gasteiger partial charge in [0.2, 0.25) is 5.91 Å². The third kappa shape index (κ3) is 4.24. The fraction of sp³-hybridized carbons (Fsp3) is 0.458. The average Bonchev–Trinajstić information content (AvgIpc) is 3.08. The number of ether oxygens (including phenoxy) is 1. The topological polar surface area (TPSA) is 82.3 Å². The first-order chi connectivity index (χ1) is 15.4. The number of hydrogen-bond donors (Lipinski definition) is 1. The van der Waals surface area contributed by atoms with Gasteiger partial charge >= 0.3 is 5.69 Å². The monoisotopic (exact) mass is 455 g/mol. The number of rotatable bonds is 6. The number of fused-ring (bicyclic) bond motifs is 1. The summed E-state index contributed by atoms with van der Waals surface area (Å²) in [6.07, 6.45) is 5.37. The molecule has 1 fully saturated rings. The lowest BCUT2D eigenvalue weighted by Gasteiger charge is -2.23. The van der Waals surface area contributed by atoms with Crippen LogP contribution in [0.5, 0.6) is 5.75 Å². The van der Waals surface area contributed by atoms with E-state index in [1.165, 1.54) is 22.3 Å². The molecule has 0 spiro atoms. The molecule has 0 unspecified atom stereocenters. The van der Waals surface area contributed by atoms with E-state index in [2.05, 4.69) is 5.32 Å². The Morgan fingerprint density at radius 3 is 2.47 bits per heavy atom. The van der Waals surface area contributed by atoms with Gasteiger partial charge in [-0.1, -0.05) is 19.3 Å². The summed E-state index contributed by atoms with van der Waals surface area (Å²) in [6, 6.07) is 7.02. The fourth-order valence-electron chi connectivity index (χ4n) is 4.35. The van der Waals surface area contributed by atoms with Gasteiger partial charge in [0.05, 0.1) is 17.7 Å². The van der Waals surface area contributed by atoms with Crippen molar-refractivity contribution in [2.45, 2.75) is 65.5 Å². The molecule has 1 aliphatic rings. The number of benzene rings is 1. The summed E-state index contributed by atoms with van der Waals surface area (Å²) in [4.78, 5) is 41.2. The first-order valence-corrected chi connectivity index (χ1v) is 12.0. The van der Waals surface area contributed by atoms with E-state index in [4.69, 9.17) is 4.74 Å². The standard InChI is InChI=1S/C24H29N3O4S/c1-4-31-19-12-10-18(11-13-19)27-22(29)21-15(2)16(3)32-23(21)26(24(27)30)14-20(28)25-17-8-6-5-7-9-17/h10-13,17H,4-9,14H2,1-3H3,(H,25,28). The molecule has 7 nitrogen and oxygen atoms in total. The predicted molar refractivity (Wildman–Crippen MR) is 127 cm³/mol. The van der Waals surface area contributed by atoms with Gasteiger partial charge < -0.3 is 10.1 Å². The first kappa shape index (κ1) is 22.3. The van der Waals surface area contributed by atoms with E-state index in [0.29, 0.717) is 28.3 Å². The van der Waals surface area contributed by atoms with Crippen molar-refractivity contribution in [1.29, 1.82) is 0 Å². The first-order valence-electron chi connectivity index (χ1n) is 11.2. The van der Waals surface area contributed by atoms with Crippen LogP contribution in [0.25, 0.3) is 15.9 Å². The van der Waals surface area contributed by atoms with Crippen molar-refractivity contribution in [2.75, 3.05) is 6.61 Å². The van der Waals surface area contributed by atoms with Crippen molar-refractivity contribution < 1.29 is 9.53 Å². The summed E-state index contributed by atoms with van der Waals surface area (Å²) in [5, 5.41) is 3.57. The Hall–Kier alpha value is -2.87. The van der Waals surface area contributed by atoms with Crippen molar-refractivity contribution >= 4 is 27.5 Å². The van der Waals surface area contributed by atoms with Gasteiger partial charge in [-0.2, -0.15) is 0 Å². The van der Waals surface area contributed by atoms with Crippen molar-refractivity contribution in [1.82, 2.24) is 14.5 Å². The molecule has 1 saturated carbocycles. The van der Waals surface area contributed by atoms with E-state index in [-0.39, 0.29) is 24.1 Å². The number of hydrogen-bond acceptors (Lipinski definition) is 5. The number of aryl methyl sites for hydroxylation is 2. The van der Waals surface area contributed by atoms with Crippen LogP contribution in [-0.4, -0.2) is 27.7 Å². The molecular formula is C24H29N3O4S. The highest BCUT2D eigenvalue weighted by molar-refractivity contribution is 7.18. The second-order valence-corrected chi connectivity index (χ2v) is 9.51. The van der Waals surface area contributed by atoms with Crippen LogP contribution in [0.1, 0.15) is 49.5 Å². The van der Waals surface area contributed by atoms with E-state index in [1.54, 1.807) is 24.3 Å². The Kier molecular flexibility index (Phi) is 6.50. The molecule has 32 heavy (non-hydrogen) atoms. The Labute approximate surface area is 190 Å². The normalized spacial score (nSPS) is 14.6. The average molecular weight is 456 g/mol. The lowest BCUT2D eigenvalue weighted by molar-refractivity contribution is -0.122. The highest BCUT2D eigenvalue weighted by atomic mass is 32.1. The van der Waals surface area contributed by atoms with Crippen LogP contribution >= 0.6 is 11.3 Å². The maximum atomic E-state index is 13.5. The van der Waals surface area contributed by atoms with Crippen LogP contribution in [0.3, 0.4) is 0 Å². The number of amides is 1. The van der Waals surface area contributed by atoms with E-state index in [0.717, 1.165) is 40.7 Å². The minimum atomic E-state index is -0.508. The summed E-state index contributed by atoms with van der Waals surface area (Å²) in [7, 11) is 0. The molecule has 4 rings (SSSR count). The molecule has 1 N–H and O–H groups in total. The van der Waals surface area contributed by atoms with Gasteiger partial charge in [-0.25, -0.2) is 9.36 Å². The van der Waals surface area contributed by atoms with Crippen LogP contribution in [0, 0.1) is 13.8 Å². The zero-order chi connectivity index (χ0) is 22.8. The van der Waals surface area contributed by atoms with E-state index < -0.39 is 5.69 Å². The molecule has 0 radical (unpaired) electrons. The molecule has 8 heteroatoms. The van der Waals surface area contributed by atoms with Crippen molar-refractivity contribution in [3.05, 3.63) is 55.5 Å². The van der Waals surface area contributed by atoms with Crippen molar-refractivity contribution in [3.63, 3.8) is 0 Å². The number of aromatic nitrogens is 2. The smallest absolute Gasteiger partial charge is 0.337 e. The lowest BCUT2D eigenvalue weighted by atomic mass is 9.95. The number of thiophene rings is 1. The summed E-state index contributed by atoms with van der Waals surface area (Å²) in [6.45, 7) is 6.13. The number of carbonyl (C=O) groups is 1. The second-order valence-electron chi connectivity index (χ2n) is 8.30. The minimum absolute atomic E-state index is 0.109. The van der Waals surface area contributed by atoms with Crippen LogP contribution in [-0.2, 0) is 11.3 Å². The van der Waals surface area contributed by atoms with Crippen molar-refractivity contribution in [3.8, 4) is 11.4 Å². The highest BCUT2D eigenvalue weighted by Crippen LogP contribution is 2.27. The molecule has 0 saturated heterocycles. The number of nitrogens with one attached hydrogen (secondary N) is 1. The maximum absolute atomic E-state index is 13.5. The molecular weight excluding hydrogens is 426 g/mol. The Morgan fingerprint density at radius 2 is 1.81 bits per heavy atom. The maximum Gasteiger partial charge on any atom is 0.337 e. The van der Waals surface area contributed by atoms with Crippen LogP contribution < -0.4 is 21.3 Å². The number of carbonyl (C=O) groups excluding carboxylic acids is 1. The predicted octanol–water partition coefficient (Wildman–Crippen LogP) is 3.68. The summed E-state index contributed by atoms with van der Waals surface area (Å²) in [5.74, 6) is 0.473. The molecule has 170 valence electrons. The van der Waals surface area contributed by atoms with Gasteiger partial charge in [0.1, 0.15) is 17.1 Å². The molecule has 1 amide bonds. The second kappa shape index (κ2) is 9.32. The van der Waals surface area contributed by atoms with Crippen molar-refractivity contribution in [2.24, 2.45) is 0 Å². The van der Waals surface area contributed by atoms with Crippen LogP contribution in [0.4, 0.5) is 0 Å². The Bertz CT molecular complexity index is 1250. The molecule has 0 bridgehead atoms. The largest absolute Gasteiger partial charge is 0.494 e. The quantitative estimate of drug-likeness (QED) is 0.615. The molecule has 1 aliphatic carbocycles. The lowest BCUT2D eigenvalue weighted by Crippen LogP contribution is -2.43. The van der Waals surface area contributed by atoms with Crippen LogP contribution in [0.2, 0.25) is 0 Å². The molecule has 2 heterocycles. The number of nitrogens with zero attached hydrogens (tertiary/aromatic N) is 2. The van der Waals surface area contributed by atoms with E-state index in [1.807, 2.05) is 20.8 Å². The zero-order valence-corrected chi connectivity index (χ0v) is 19.6. The van der Waals surface area contributed by atoms with Gasteiger partial charge in [-0.3, -0.25) is 14.2 Å². The van der Waals surface area contributed by atoms with E-state index >= 15 is 0 Å². The Balaban J connectivity index is 1.79. The highest BCUT2D eigenvalue weighted by Gasteiger charge is 2.22. The summed E-state index contributed by atoms with van der Waals surface area (Å²) >= 11 is 1.38. The minimum Gasteiger partial charge on any atom is -0.494 e. The molecule has 0 atom stereocenters. The third-order valence-corrected chi connectivity index (χ3v) is 7.36. The summed E-state index contributed by atoms with van der Waals surface area (Å²) < 4.78 is 8.07. The molecule has 0 aliphatic heterocycles. The SMILES string of the molecule is CCOc1ccc(-n2c(=O)c3c(C)c(C)sc3n(CC(=O)NC3CCCCC3)c2=O)cc1. The summed E-state index contributed by atoms with van der Waals surface area (Å²) in [5.41, 5.74) is 0.429. The Morgan fingerprint density at radius 1 is 1.12 bits per heavy atom. The molecule has 2 aromatic heterocycles. The third-order valence-electron chi connectivity index (χ3n) is 6.13.